The summed E-state index contributed by atoms with van der Waals surface area (Å²) in [4.78, 5) is 0. The van der Waals surface area contributed by atoms with Crippen molar-refractivity contribution in [2.24, 2.45) is 0 Å². The Labute approximate surface area is 133 Å². The van der Waals surface area contributed by atoms with E-state index in [0.29, 0.717) is 0 Å². The first-order valence-corrected chi connectivity index (χ1v) is 7.54. The molecule has 2 aromatic rings. The zero-order valence-electron chi connectivity index (χ0n) is 10.8. The smallest absolute Gasteiger partial charge is 0.416 e. The molecule has 6 heteroatoms. The van der Waals surface area contributed by atoms with Crippen LogP contribution in [0.15, 0.2) is 42.5 Å². The molecule has 2 aromatic carbocycles. The van der Waals surface area contributed by atoms with Crippen molar-refractivity contribution in [3.8, 4) is 5.75 Å². The van der Waals surface area contributed by atoms with E-state index in [4.69, 9.17) is 16.3 Å². The van der Waals surface area contributed by atoms with Gasteiger partial charge in [0.05, 0.1) is 10.6 Å². The molecule has 0 bridgehead atoms. The third-order valence-electron chi connectivity index (χ3n) is 2.88. The molecule has 0 N–H and O–H groups in total. The van der Waals surface area contributed by atoms with Gasteiger partial charge in [-0.1, -0.05) is 57.9 Å². The number of rotatable bonds is 4. The molecule has 21 heavy (non-hydrogen) atoms. The zero-order valence-corrected chi connectivity index (χ0v) is 13.1. The molecule has 0 amide bonds. The van der Waals surface area contributed by atoms with Crippen LogP contribution in [0, 0.1) is 0 Å². The summed E-state index contributed by atoms with van der Waals surface area (Å²) in [6.07, 6.45) is -4.45. The first kappa shape index (κ1) is 16.2. The molecule has 0 heterocycles. The average molecular weight is 380 g/mol. The predicted octanol–water partition coefficient (Wildman–Crippen LogP) is 5.83. The lowest BCUT2D eigenvalue weighted by atomic mass is 10.1. The third kappa shape index (κ3) is 3.92. The number of alkyl halides is 4. The molecule has 0 fully saturated rings. The van der Waals surface area contributed by atoms with Crippen molar-refractivity contribution in [3.63, 3.8) is 0 Å². The molecule has 0 spiro atoms. The summed E-state index contributed by atoms with van der Waals surface area (Å²) in [6, 6.07) is 11.3. The van der Waals surface area contributed by atoms with E-state index >= 15 is 0 Å². The van der Waals surface area contributed by atoms with E-state index in [2.05, 4.69) is 15.9 Å². The topological polar surface area (TPSA) is 9.23 Å². The van der Waals surface area contributed by atoms with E-state index in [1.165, 1.54) is 6.07 Å². The summed E-state index contributed by atoms with van der Waals surface area (Å²) in [7, 11) is 0. The second kappa shape index (κ2) is 6.71. The molecular weight excluding hydrogens is 369 g/mol. The molecule has 2 rings (SSSR count). The van der Waals surface area contributed by atoms with E-state index < -0.39 is 11.7 Å². The molecule has 0 aliphatic carbocycles. The predicted molar refractivity (Wildman–Crippen MR) is 79.9 cm³/mol. The van der Waals surface area contributed by atoms with Crippen molar-refractivity contribution in [1.82, 2.24) is 0 Å². The molecule has 0 saturated carbocycles. The van der Waals surface area contributed by atoms with E-state index in [1.807, 2.05) is 30.3 Å². The molecule has 0 radical (unpaired) electrons. The number of halogens is 5. The first-order chi connectivity index (χ1) is 9.93. The Bertz CT molecular complexity index is 614. The van der Waals surface area contributed by atoms with Crippen LogP contribution in [0.5, 0.6) is 5.75 Å². The summed E-state index contributed by atoms with van der Waals surface area (Å²) in [5, 5.41) is 0.167. The summed E-state index contributed by atoms with van der Waals surface area (Å²) in [6.45, 7) is 0.155. The van der Waals surface area contributed by atoms with Crippen molar-refractivity contribution >= 4 is 27.5 Å². The number of hydrogen-bond donors (Lipinski definition) is 0. The van der Waals surface area contributed by atoms with Crippen LogP contribution in [0.1, 0.15) is 16.7 Å². The minimum atomic E-state index is -4.45. The second-order valence-corrected chi connectivity index (χ2v) is 5.28. The molecule has 0 atom stereocenters. The first-order valence-electron chi connectivity index (χ1n) is 6.04. The van der Waals surface area contributed by atoms with Gasteiger partial charge in [0, 0.05) is 10.9 Å². The summed E-state index contributed by atoms with van der Waals surface area (Å²) >= 11 is 9.06. The lowest BCUT2D eigenvalue weighted by Gasteiger charge is -2.17. The van der Waals surface area contributed by atoms with Crippen LogP contribution in [0.25, 0.3) is 0 Å². The number of ether oxygens (including phenoxy) is 1. The largest absolute Gasteiger partial charge is 0.487 e. The maximum absolute atomic E-state index is 13.0. The standard InChI is InChI=1S/C15H11BrClF3O/c16-8-11-12(15(18,19)20)6-7-13(17)14(11)21-9-10-4-2-1-3-5-10/h1-7H,8-9H2. The van der Waals surface area contributed by atoms with E-state index in [0.717, 1.165) is 11.6 Å². The van der Waals surface area contributed by atoms with Gasteiger partial charge in [-0.05, 0) is 17.7 Å². The van der Waals surface area contributed by atoms with Crippen molar-refractivity contribution in [3.05, 3.63) is 64.2 Å². The fourth-order valence-corrected chi connectivity index (χ4v) is 2.67. The highest BCUT2D eigenvalue weighted by atomic mass is 79.9. The monoisotopic (exact) mass is 378 g/mol. The third-order valence-corrected chi connectivity index (χ3v) is 3.74. The average Bonchev–Trinajstić information content (AvgIpc) is 2.45. The van der Waals surface area contributed by atoms with Crippen molar-refractivity contribution < 1.29 is 17.9 Å². The Balaban J connectivity index is 2.34. The Hall–Kier alpha value is -1.20. The maximum atomic E-state index is 13.0. The molecule has 0 unspecified atom stereocenters. The highest BCUT2D eigenvalue weighted by molar-refractivity contribution is 9.08. The lowest BCUT2D eigenvalue weighted by molar-refractivity contribution is -0.138. The Morgan fingerprint density at radius 3 is 2.29 bits per heavy atom. The van der Waals surface area contributed by atoms with Crippen LogP contribution >= 0.6 is 27.5 Å². The second-order valence-electron chi connectivity index (χ2n) is 4.31. The molecule has 0 aliphatic rings. The van der Waals surface area contributed by atoms with Crippen LogP contribution in [0.4, 0.5) is 13.2 Å². The van der Waals surface area contributed by atoms with Gasteiger partial charge in [-0.2, -0.15) is 13.2 Å². The fraction of sp³-hybridized carbons (Fsp3) is 0.200. The SMILES string of the molecule is FC(F)(F)c1ccc(Cl)c(OCc2ccccc2)c1CBr. The fourth-order valence-electron chi connectivity index (χ4n) is 1.88. The number of benzene rings is 2. The Morgan fingerprint density at radius 1 is 1.05 bits per heavy atom. The Morgan fingerprint density at radius 2 is 1.71 bits per heavy atom. The quantitative estimate of drug-likeness (QED) is 0.607. The van der Waals surface area contributed by atoms with Gasteiger partial charge in [0.1, 0.15) is 12.4 Å². The van der Waals surface area contributed by atoms with Crippen LogP contribution in [-0.2, 0) is 18.1 Å². The normalized spacial score (nSPS) is 11.5. The van der Waals surface area contributed by atoms with Crippen LogP contribution in [0.3, 0.4) is 0 Å². The lowest BCUT2D eigenvalue weighted by Crippen LogP contribution is -2.10. The van der Waals surface area contributed by atoms with Crippen LogP contribution in [-0.4, -0.2) is 0 Å². The minimum Gasteiger partial charge on any atom is -0.487 e. The summed E-state index contributed by atoms with van der Waals surface area (Å²) in [5.41, 5.74) is 0.115. The van der Waals surface area contributed by atoms with Gasteiger partial charge >= 0.3 is 6.18 Å². The molecule has 0 saturated heterocycles. The van der Waals surface area contributed by atoms with E-state index in [1.54, 1.807) is 0 Å². The molecule has 0 aromatic heterocycles. The van der Waals surface area contributed by atoms with Crippen molar-refractivity contribution in [2.75, 3.05) is 0 Å². The molecule has 0 aliphatic heterocycles. The van der Waals surface area contributed by atoms with Gasteiger partial charge in [0.2, 0.25) is 0 Å². The van der Waals surface area contributed by atoms with Crippen LogP contribution in [0.2, 0.25) is 5.02 Å². The van der Waals surface area contributed by atoms with Gasteiger partial charge in [-0.25, -0.2) is 0 Å². The van der Waals surface area contributed by atoms with Crippen molar-refractivity contribution in [1.29, 1.82) is 0 Å². The van der Waals surface area contributed by atoms with Gasteiger partial charge < -0.3 is 4.74 Å². The Kier molecular flexibility index (Phi) is 5.17. The van der Waals surface area contributed by atoms with E-state index in [9.17, 15) is 13.2 Å². The van der Waals surface area contributed by atoms with Crippen molar-refractivity contribution in [2.45, 2.75) is 18.1 Å². The van der Waals surface area contributed by atoms with Gasteiger partial charge in [-0.3, -0.25) is 0 Å². The molecular formula is C15H11BrClF3O. The highest BCUT2D eigenvalue weighted by Gasteiger charge is 2.35. The molecule has 1 nitrogen and oxygen atoms in total. The highest BCUT2D eigenvalue weighted by Crippen LogP contribution is 2.41. The van der Waals surface area contributed by atoms with Gasteiger partial charge in [0.15, 0.2) is 0 Å². The van der Waals surface area contributed by atoms with Crippen LogP contribution < -0.4 is 4.74 Å². The van der Waals surface area contributed by atoms with Gasteiger partial charge in [0.25, 0.3) is 0 Å². The number of hydrogen-bond acceptors (Lipinski definition) is 1. The maximum Gasteiger partial charge on any atom is 0.416 e. The zero-order chi connectivity index (χ0) is 15.5. The molecule has 112 valence electrons. The van der Waals surface area contributed by atoms with Gasteiger partial charge in [-0.15, -0.1) is 0 Å². The minimum absolute atomic E-state index is 0.00549. The summed E-state index contributed by atoms with van der Waals surface area (Å²) in [5.74, 6) is 0.0622. The van der Waals surface area contributed by atoms with E-state index in [-0.39, 0.29) is 28.3 Å². The summed E-state index contributed by atoms with van der Waals surface area (Å²) < 4.78 is 44.5.